The van der Waals surface area contributed by atoms with Gasteiger partial charge in [-0.3, -0.25) is 4.79 Å². The molecular weight excluding hydrogens is 248 g/mol. The third-order valence-corrected chi connectivity index (χ3v) is 2.74. The van der Waals surface area contributed by atoms with Gasteiger partial charge in [0.25, 0.3) is 5.91 Å². The molecule has 6 heteroatoms. The Bertz CT molecular complexity index is 518. The molecule has 0 saturated carbocycles. The van der Waals surface area contributed by atoms with Crippen LogP contribution in [0.25, 0.3) is 11.5 Å². The topological polar surface area (TPSA) is 88.5 Å². The van der Waals surface area contributed by atoms with Crippen LogP contribution in [0.1, 0.15) is 23.8 Å². The summed E-state index contributed by atoms with van der Waals surface area (Å²) >= 11 is 0. The van der Waals surface area contributed by atoms with Gasteiger partial charge in [0.05, 0.1) is 6.26 Å². The van der Waals surface area contributed by atoms with Gasteiger partial charge in [0, 0.05) is 19.2 Å². The normalized spacial score (nSPS) is 12.3. The molecule has 1 atom stereocenters. The first-order valence-corrected chi connectivity index (χ1v) is 6.10. The van der Waals surface area contributed by atoms with Gasteiger partial charge >= 0.3 is 0 Å². The summed E-state index contributed by atoms with van der Waals surface area (Å²) in [6.07, 6.45) is 2.17. The molecule has 6 nitrogen and oxygen atoms in total. The minimum Gasteiger partial charge on any atom is -0.461 e. The largest absolute Gasteiger partial charge is 0.461 e. The fraction of sp³-hybridized carbons (Fsp3) is 0.385. The molecule has 1 amide bonds. The van der Waals surface area contributed by atoms with Crippen LogP contribution in [0.5, 0.6) is 0 Å². The van der Waals surface area contributed by atoms with Gasteiger partial charge in [-0.2, -0.15) is 0 Å². The smallest absolute Gasteiger partial charge is 0.273 e. The summed E-state index contributed by atoms with van der Waals surface area (Å²) in [5, 5.41) is 15.2. The van der Waals surface area contributed by atoms with E-state index in [4.69, 9.17) is 14.0 Å². The molecule has 0 aliphatic carbocycles. The first-order chi connectivity index (χ1) is 9.20. The van der Waals surface area contributed by atoms with Crippen LogP contribution in [0.3, 0.4) is 0 Å². The molecule has 0 spiro atoms. The number of carbonyl (C=O) groups excluding carboxylic acids is 1. The number of nitrogens with one attached hydrogen (secondary N) is 1. The van der Waals surface area contributed by atoms with E-state index >= 15 is 0 Å². The molecule has 0 aliphatic heterocycles. The Kier molecular flexibility index (Phi) is 4.35. The molecule has 0 radical (unpaired) electrons. The Balaban J connectivity index is 1.93. The van der Waals surface area contributed by atoms with Crippen molar-refractivity contribution in [1.82, 2.24) is 10.5 Å². The number of rotatable bonds is 6. The first kappa shape index (κ1) is 13.4. The van der Waals surface area contributed by atoms with Crippen molar-refractivity contribution in [1.29, 1.82) is 0 Å². The maximum atomic E-state index is 11.8. The fourth-order valence-electron chi connectivity index (χ4n) is 1.60. The van der Waals surface area contributed by atoms with E-state index in [0.29, 0.717) is 24.5 Å². The van der Waals surface area contributed by atoms with Crippen LogP contribution in [0.2, 0.25) is 0 Å². The van der Waals surface area contributed by atoms with E-state index in [9.17, 15) is 4.79 Å². The van der Waals surface area contributed by atoms with Crippen molar-refractivity contribution in [3.05, 3.63) is 30.2 Å². The average molecular weight is 264 g/mol. The minimum atomic E-state index is -0.300. The number of hydrogen-bond acceptors (Lipinski definition) is 5. The predicted molar refractivity (Wildman–Crippen MR) is 67.4 cm³/mol. The maximum absolute atomic E-state index is 11.8. The SMILES string of the molecule is CC(CCO)CNC(=O)c1cc(-c2ccco2)on1. The lowest BCUT2D eigenvalue weighted by Crippen LogP contribution is -2.28. The zero-order valence-corrected chi connectivity index (χ0v) is 10.6. The van der Waals surface area contributed by atoms with E-state index in [1.807, 2.05) is 6.92 Å². The minimum absolute atomic E-state index is 0.115. The van der Waals surface area contributed by atoms with Crippen molar-refractivity contribution < 1.29 is 18.8 Å². The number of nitrogens with zero attached hydrogens (tertiary/aromatic N) is 1. The van der Waals surface area contributed by atoms with Crippen molar-refractivity contribution >= 4 is 5.91 Å². The maximum Gasteiger partial charge on any atom is 0.273 e. The van der Waals surface area contributed by atoms with Gasteiger partial charge in [0.1, 0.15) is 0 Å². The Morgan fingerprint density at radius 2 is 2.37 bits per heavy atom. The quantitative estimate of drug-likeness (QED) is 0.828. The van der Waals surface area contributed by atoms with Gasteiger partial charge < -0.3 is 19.4 Å². The van der Waals surface area contributed by atoms with Crippen LogP contribution in [0.4, 0.5) is 0 Å². The monoisotopic (exact) mass is 264 g/mol. The zero-order chi connectivity index (χ0) is 13.7. The zero-order valence-electron chi connectivity index (χ0n) is 10.6. The Labute approximate surface area is 110 Å². The molecule has 0 fully saturated rings. The number of carbonyl (C=O) groups is 1. The Morgan fingerprint density at radius 1 is 1.53 bits per heavy atom. The van der Waals surface area contributed by atoms with E-state index < -0.39 is 0 Å². The second kappa shape index (κ2) is 6.19. The van der Waals surface area contributed by atoms with Gasteiger partial charge in [0.15, 0.2) is 11.5 Å². The summed E-state index contributed by atoms with van der Waals surface area (Å²) in [5.41, 5.74) is 0.211. The summed E-state index contributed by atoms with van der Waals surface area (Å²) in [4.78, 5) is 11.8. The Hall–Kier alpha value is -2.08. The van der Waals surface area contributed by atoms with Gasteiger partial charge in [-0.1, -0.05) is 12.1 Å². The molecule has 2 aromatic rings. The molecule has 0 bridgehead atoms. The summed E-state index contributed by atoms with van der Waals surface area (Å²) < 4.78 is 10.2. The summed E-state index contributed by atoms with van der Waals surface area (Å²) in [7, 11) is 0. The second-order valence-corrected chi connectivity index (χ2v) is 4.38. The molecule has 2 N–H and O–H groups in total. The number of aromatic nitrogens is 1. The van der Waals surface area contributed by atoms with Crippen LogP contribution in [0.15, 0.2) is 33.4 Å². The lowest BCUT2D eigenvalue weighted by atomic mass is 10.1. The number of aliphatic hydroxyl groups excluding tert-OH is 1. The van der Waals surface area contributed by atoms with Gasteiger partial charge in [-0.05, 0) is 24.5 Å². The lowest BCUT2D eigenvalue weighted by molar-refractivity contribution is 0.0936. The highest BCUT2D eigenvalue weighted by Crippen LogP contribution is 2.20. The highest BCUT2D eigenvalue weighted by Gasteiger charge is 2.15. The molecule has 2 aromatic heterocycles. The van der Waals surface area contributed by atoms with Gasteiger partial charge in [-0.25, -0.2) is 0 Å². The van der Waals surface area contributed by atoms with Crippen LogP contribution in [-0.4, -0.2) is 29.3 Å². The van der Waals surface area contributed by atoms with E-state index in [2.05, 4.69) is 10.5 Å². The molecule has 2 heterocycles. The molecule has 102 valence electrons. The molecule has 2 rings (SSSR count). The van der Waals surface area contributed by atoms with E-state index in [1.54, 1.807) is 12.1 Å². The standard InChI is InChI=1S/C13H16N2O4/c1-9(4-5-16)8-14-13(17)10-7-12(19-15-10)11-3-2-6-18-11/h2-3,6-7,9,16H,4-5,8H2,1H3,(H,14,17). The van der Waals surface area contributed by atoms with Crippen molar-refractivity contribution in [2.24, 2.45) is 5.92 Å². The Morgan fingerprint density at radius 3 is 3.05 bits per heavy atom. The van der Waals surface area contributed by atoms with Crippen molar-refractivity contribution in [2.45, 2.75) is 13.3 Å². The summed E-state index contributed by atoms with van der Waals surface area (Å²) in [6, 6.07) is 4.99. The lowest BCUT2D eigenvalue weighted by Gasteiger charge is -2.09. The fourth-order valence-corrected chi connectivity index (χ4v) is 1.60. The number of amides is 1. The van der Waals surface area contributed by atoms with E-state index in [0.717, 1.165) is 0 Å². The van der Waals surface area contributed by atoms with E-state index in [-0.39, 0.29) is 24.1 Å². The number of hydrogen-bond donors (Lipinski definition) is 2. The highest BCUT2D eigenvalue weighted by atomic mass is 16.5. The van der Waals surface area contributed by atoms with Crippen LogP contribution in [0, 0.1) is 5.92 Å². The van der Waals surface area contributed by atoms with Gasteiger partial charge in [-0.15, -0.1) is 0 Å². The van der Waals surface area contributed by atoms with Crippen LogP contribution in [-0.2, 0) is 0 Å². The third-order valence-electron chi connectivity index (χ3n) is 2.74. The molecule has 0 aliphatic rings. The predicted octanol–water partition coefficient (Wildman–Crippen LogP) is 1.68. The highest BCUT2D eigenvalue weighted by molar-refractivity contribution is 5.92. The summed E-state index contributed by atoms with van der Waals surface area (Å²) in [6.45, 7) is 2.56. The molecule has 0 saturated heterocycles. The van der Waals surface area contributed by atoms with Crippen LogP contribution < -0.4 is 5.32 Å². The summed E-state index contributed by atoms with van der Waals surface area (Å²) in [5.74, 6) is 0.857. The second-order valence-electron chi connectivity index (χ2n) is 4.38. The van der Waals surface area contributed by atoms with E-state index in [1.165, 1.54) is 12.3 Å². The molecule has 19 heavy (non-hydrogen) atoms. The number of aliphatic hydroxyl groups is 1. The average Bonchev–Trinajstić information content (AvgIpc) is 3.06. The van der Waals surface area contributed by atoms with Crippen molar-refractivity contribution in [2.75, 3.05) is 13.2 Å². The van der Waals surface area contributed by atoms with Crippen molar-refractivity contribution in [3.8, 4) is 11.5 Å². The first-order valence-electron chi connectivity index (χ1n) is 6.10. The third kappa shape index (κ3) is 3.45. The molecule has 0 aromatic carbocycles. The van der Waals surface area contributed by atoms with Crippen molar-refractivity contribution in [3.63, 3.8) is 0 Å². The molecule has 1 unspecified atom stereocenters. The van der Waals surface area contributed by atoms with Crippen LogP contribution >= 0.6 is 0 Å². The molecular formula is C13H16N2O4. The number of furan rings is 1. The van der Waals surface area contributed by atoms with Gasteiger partial charge in [0.2, 0.25) is 5.76 Å².